The molecule has 0 aromatic rings. The third-order valence-electron chi connectivity index (χ3n) is 13.6. The summed E-state index contributed by atoms with van der Waals surface area (Å²) in [6.07, 6.45) is 59.7. The van der Waals surface area contributed by atoms with Gasteiger partial charge in [0.1, 0.15) is 18.8 Å². The van der Waals surface area contributed by atoms with Crippen LogP contribution in [0.3, 0.4) is 0 Å². The monoisotopic (exact) mass is 1110 g/mol. The van der Waals surface area contributed by atoms with Gasteiger partial charge in [-0.15, -0.1) is 0 Å². The van der Waals surface area contributed by atoms with Gasteiger partial charge in [0.05, 0.1) is 13.0 Å². The van der Waals surface area contributed by atoms with Gasteiger partial charge < -0.3 is 39.0 Å². The van der Waals surface area contributed by atoms with Crippen molar-refractivity contribution in [2.75, 3.05) is 13.2 Å². The van der Waals surface area contributed by atoms with Gasteiger partial charge in [-0.1, -0.05) is 227 Å². The largest absolute Gasteiger partial charge is 0.479 e. The zero-order valence-corrected chi connectivity index (χ0v) is 49.6. The molecule has 0 aromatic carbocycles. The van der Waals surface area contributed by atoms with Gasteiger partial charge in [-0.05, 0) is 103 Å². The van der Waals surface area contributed by atoms with Crippen molar-refractivity contribution < 1.29 is 58.2 Å². The van der Waals surface area contributed by atoms with E-state index in [0.717, 1.165) is 89.9 Å². The summed E-state index contributed by atoms with van der Waals surface area (Å²) in [6.45, 7) is 5.77. The van der Waals surface area contributed by atoms with Crippen LogP contribution in [0.1, 0.15) is 252 Å². The predicted octanol–water partition coefficient (Wildman–Crippen LogP) is 16.5. The Bertz CT molecular complexity index is 1740. The number of carboxylic acids is 1. The summed E-state index contributed by atoms with van der Waals surface area (Å²) in [5, 5.41) is 31.5. The maximum Gasteiger partial charge on any atom is 0.335 e. The molecule has 6 atom stereocenters. The first-order valence-electron chi connectivity index (χ1n) is 31.2. The molecule has 79 heavy (non-hydrogen) atoms. The lowest BCUT2D eigenvalue weighted by Crippen LogP contribution is -2.61. The van der Waals surface area contributed by atoms with E-state index in [4.69, 9.17) is 23.7 Å². The third kappa shape index (κ3) is 44.0. The standard InChI is InChI=1S/C67H110O12/c1-4-7-10-13-16-19-22-25-28-29-30-31-34-35-38-41-44-47-50-53-59(68)75-56-58(77-60(69)54-51-48-45-42-39-36-32-26-23-20-17-14-11-8-5-2)57-76-67-65(63(72)62(71)64(79-67)66(73)74)78-61(70)55-52-49-46-43-40-37-33-27-24-21-18-15-12-9-6-3/h8,11,17-18,20-21,25-28,32-33,39,42,48,51,58,62-65,67,71-72H,4-7,9-10,12-16,19,22-24,29-31,34-38,40-41,43-47,49-50,52-57H2,1-3H3,(H,73,74)/b11-8-,20-17-,21-18-,28-25-,32-26-,33-27-,42-39-,51-48-. The number of aliphatic hydroxyl groups excluding tert-OH is 2. The highest BCUT2D eigenvalue weighted by molar-refractivity contribution is 5.74. The summed E-state index contributed by atoms with van der Waals surface area (Å²) in [7, 11) is 0. The van der Waals surface area contributed by atoms with E-state index in [0.29, 0.717) is 19.3 Å². The van der Waals surface area contributed by atoms with Crippen molar-refractivity contribution in [3.8, 4) is 0 Å². The van der Waals surface area contributed by atoms with Crippen LogP contribution in [0.4, 0.5) is 0 Å². The lowest BCUT2D eigenvalue weighted by Gasteiger charge is -2.40. The van der Waals surface area contributed by atoms with Gasteiger partial charge in [0, 0.05) is 12.8 Å². The second kappa shape index (κ2) is 54.2. The maximum atomic E-state index is 13.1. The number of esters is 3. The highest BCUT2D eigenvalue weighted by Gasteiger charge is 2.50. The summed E-state index contributed by atoms with van der Waals surface area (Å²) in [5.41, 5.74) is 0. The fourth-order valence-corrected chi connectivity index (χ4v) is 8.88. The molecule has 0 spiro atoms. The molecule has 0 aliphatic carbocycles. The van der Waals surface area contributed by atoms with Crippen LogP contribution in [0, 0.1) is 0 Å². The fraction of sp³-hybridized carbons (Fsp3) is 0.701. The maximum absolute atomic E-state index is 13.1. The number of aliphatic hydroxyl groups is 2. The Balaban J connectivity index is 2.72. The van der Waals surface area contributed by atoms with Gasteiger partial charge in [0.25, 0.3) is 0 Å². The topological polar surface area (TPSA) is 175 Å². The molecule has 1 fully saturated rings. The number of carbonyl (C=O) groups excluding carboxylic acids is 3. The second-order valence-corrected chi connectivity index (χ2v) is 21.0. The normalized spacial score (nSPS) is 18.5. The van der Waals surface area contributed by atoms with E-state index in [1.807, 2.05) is 12.2 Å². The Morgan fingerprint density at radius 1 is 0.443 bits per heavy atom. The first-order valence-corrected chi connectivity index (χ1v) is 31.2. The van der Waals surface area contributed by atoms with Crippen LogP contribution in [0.25, 0.3) is 0 Å². The molecule has 6 unspecified atom stereocenters. The molecule has 1 aliphatic heterocycles. The second-order valence-electron chi connectivity index (χ2n) is 21.0. The Labute approximate surface area is 479 Å². The number of hydrogen-bond donors (Lipinski definition) is 3. The minimum Gasteiger partial charge on any atom is -0.479 e. The molecule has 1 heterocycles. The van der Waals surface area contributed by atoms with Crippen molar-refractivity contribution in [2.24, 2.45) is 0 Å². The van der Waals surface area contributed by atoms with Crippen LogP contribution in [-0.4, -0.2) is 89.2 Å². The van der Waals surface area contributed by atoms with Gasteiger partial charge in [-0.2, -0.15) is 0 Å². The Hall–Kier alpha value is -4.36. The first-order chi connectivity index (χ1) is 38.6. The van der Waals surface area contributed by atoms with Crippen molar-refractivity contribution in [3.63, 3.8) is 0 Å². The molecule has 0 bridgehead atoms. The predicted molar refractivity (Wildman–Crippen MR) is 321 cm³/mol. The molecule has 0 amide bonds. The van der Waals surface area contributed by atoms with Crippen LogP contribution in [0.15, 0.2) is 97.2 Å². The number of carbonyl (C=O) groups is 4. The fourth-order valence-electron chi connectivity index (χ4n) is 8.88. The Morgan fingerprint density at radius 2 is 0.835 bits per heavy atom. The summed E-state index contributed by atoms with van der Waals surface area (Å²) in [4.78, 5) is 51.2. The molecule has 0 saturated carbocycles. The van der Waals surface area contributed by atoms with E-state index in [1.165, 1.54) is 103 Å². The molecule has 1 rings (SSSR count). The number of unbranched alkanes of at least 4 members (excludes halogenated alkanes) is 23. The quantitative estimate of drug-likeness (QED) is 0.0228. The summed E-state index contributed by atoms with van der Waals surface area (Å²) >= 11 is 0. The number of carboxylic acid groups (broad SMARTS) is 1. The average molecular weight is 1110 g/mol. The average Bonchev–Trinajstić information content (AvgIpc) is 3.46. The Morgan fingerprint density at radius 3 is 1.32 bits per heavy atom. The van der Waals surface area contributed by atoms with Gasteiger partial charge >= 0.3 is 23.9 Å². The van der Waals surface area contributed by atoms with Crippen LogP contribution in [-0.2, 0) is 42.9 Å². The van der Waals surface area contributed by atoms with Crippen molar-refractivity contribution in [2.45, 2.75) is 289 Å². The van der Waals surface area contributed by atoms with E-state index < -0.39 is 67.3 Å². The lowest BCUT2D eigenvalue weighted by atomic mass is 9.98. The minimum absolute atomic E-state index is 0.0303. The number of aliphatic carboxylic acids is 1. The molecule has 1 saturated heterocycles. The van der Waals surface area contributed by atoms with E-state index in [2.05, 4.69) is 99.8 Å². The molecule has 450 valence electrons. The number of allylic oxidation sites excluding steroid dienone is 15. The van der Waals surface area contributed by atoms with Crippen molar-refractivity contribution >= 4 is 23.9 Å². The Kier molecular flexibility index (Phi) is 49.9. The molecular formula is C67H110O12. The lowest BCUT2D eigenvalue weighted by molar-refractivity contribution is -0.301. The van der Waals surface area contributed by atoms with Crippen LogP contribution >= 0.6 is 0 Å². The smallest absolute Gasteiger partial charge is 0.335 e. The first kappa shape index (κ1) is 72.7. The van der Waals surface area contributed by atoms with Crippen molar-refractivity contribution in [1.29, 1.82) is 0 Å². The van der Waals surface area contributed by atoms with E-state index in [1.54, 1.807) is 6.08 Å². The minimum atomic E-state index is -1.93. The third-order valence-corrected chi connectivity index (χ3v) is 13.6. The highest BCUT2D eigenvalue weighted by atomic mass is 16.7. The SMILES string of the molecule is CC/C=C\C/C=C\C/C=C\C/C=C\C/C=C\CC(=O)OC(COC(=O)CCCCCCCCCCC/C=C\CCCCCCCC)COC1OC(C(=O)O)C(O)C(O)C1OC(=O)CCCCCCC/C=C\C/C=C\CCCCC. The number of ether oxygens (including phenoxy) is 5. The van der Waals surface area contributed by atoms with E-state index >= 15 is 0 Å². The van der Waals surface area contributed by atoms with Crippen molar-refractivity contribution in [1.82, 2.24) is 0 Å². The van der Waals surface area contributed by atoms with Crippen molar-refractivity contribution in [3.05, 3.63) is 97.2 Å². The molecule has 12 heteroatoms. The summed E-state index contributed by atoms with van der Waals surface area (Å²) < 4.78 is 28.3. The van der Waals surface area contributed by atoms with Gasteiger partial charge in [-0.3, -0.25) is 14.4 Å². The molecule has 1 aliphatic rings. The summed E-state index contributed by atoms with van der Waals surface area (Å²) in [6, 6.07) is 0. The number of rotatable bonds is 52. The zero-order valence-electron chi connectivity index (χ0n) is 49.6. The summed E-state index contributed by atoms with van der Waals surface area (Å²) in [5.74, 6) is -3.31. The van der Waals surface area contributed by atoms with Crippen LogP contribution in [0.5, 0.6) is 0 Å². The molecule has 3 N–H and O–H groups in total. The molecule has 0 radical (unpaired) electrons. The zero-order chi connectivity index (χ0) is 57.5. The van der Waals surface area contributed by atoms with Crippen LogP contribution < -0.4 is 0 Å². The number of hydrogen-bond acceptors (Lipinski definition) is 11. The molecule has 12 nitrogen and oxygen atoms in total. The van der Waals surface area contributed by atoms with Gasteiger partial charge in [0.2, 0.25) is 0 Å². The highest BCUT2D eigenvalue weighted by Crippen LogP contribution is 2.26. The van der Waals surface area contributed by atoms with Gasteiger partial charge in [0.15, 0.2) is 24.6 Å². The van der Waals surface area contributed by atoms with Crippen LogP contribution in [0.2, 0.25) is 0 Å². The molecule has 0 aromatic heterocycles. The molecular weight excluding hydrogens is 997 g/mol. The van der Waals surface area contributed by atoms with E-state index in [9.17, 15) is 34.5 Å². The van der Waals surface area contributed by atoms with E-state index in [-0.39, 0.29) is 25.9 Å². The van der Waals surface area contributed by atoms with Gasteiger partial charge in [-0.25, -0.2) is 4.79 Å².